The smallest absolute Gasteiger partial charge is 0.324 e. The van der Waals surface area contributed by atoms with Crippen LogP contribution in [0.5, 0.6) is 0 Å². The number of hydrogen-bond acceptors (Lipinski definition) is 6. The second-order valence-corrected chi connectivity index (χ2v) is 4.12. The van der Waals surface area contributed by atoms with Crippen molar-refractivity contribution in [1.29, 1.82) is 0 Å². The molecule has 0 unspecified atom stereocenters. The number of nitrogens with one attached hydrogen (secondary N) is 2. The first kappa shape index (κ1) is 17.2. The fourth-order valence-electron chi connectivity index (χ4n) is 1.48. The molecule has 0 aliphatic carbocycles. The number of nitrogens with zero attached hydrogens (tertiary/aromatic N) is 4. The van der Waals surface area contributed by atoms with Gasteiger partial charge in [-0.3, -0.25) is 0 Å². The largest absolute Gasteiger partial charge is 0.357 e. The van der Waals surface area contributed by atoms with Gasteiger partial charge in [0.1, 0.15) is 0 Å². The van der Waals surface area contributed by atoms with Crippen molar-refractivity contribution in [2.45, 2.75) is 26.2 Å². The maximum absolute atomic E-state index is 12.9. The molecule has 6 nitrogen and oxygen atoms in total. The van der Waals surface area contributed by atoms with E-state index in [1.54, 1.807) is 11.9 Å². The average Bonchev–Trinajstić information content (AvgIpc) is 2.46. The van der Waals surface area contributed by atoms with E-state index in [0.717, 1.165) is 0 Å². The third-order valence-corrected chi connectivity index (χ3v) is 2.69. The van der Waals surface area contributed by atoms with Crippen molar-refractivity contribution in [3.63, 3.8) is 0 Å². The van der Waals surface area contributed by atoms with Crippen LogP contribution in [-0.4, -0.2) is 54.0 Å². The van der Waals surface area contributed by atoms with Crippen molar-refractivity contribution in [1.82, 2.24) is 15.0 Å². The molecule has 1 heterocycles. The standard InChI is InChI=1S/C11H18F4N6/c1-4-21(5-2)10-19-8(16-3)18-9(20-10)17-6-11(14,15)7(12)13/h7H,4-6H2,1-3H3,(H2,16,17,18,19,20). The van der Waals surface area contributed by atoms with Crippen LogP contribution in [0, 0.1) is 0 Å². The molecule has 120 valence electrons. The molecule has 0 radical (unpaired) electrons. The summed E-state index contributed by atoms with van der Waals surface area (Å²) in [4.78, 5) is 13.6. The molecule has 2 N–H and O–H groups in total. The fraction of sp³-hybridized carbons (Fsp3) is 0.727. The molecule has 10 heteroatoms. The lowest BCUT2D eigenvalue weighted by molar-refractivity contribution is -0.117. The van der Waals surface area contributed by atoms with Gasteiger partial charge in [0.25, 0.3) is 0 Å². The van der Waals surface area contributed by atoms with Gasteiger partial charge < -0.3 is 15.5 Å². The SMILES string of the molecule is CCN(CC)c1nc(NC)nc(NCC(F)(F)C(F)F)n1. The van der Waals surface area contributed by atoms with Crippen LogP contribution in [0.3, 0.4) is 0 Å². The highest BCUT2D eigenvalue weighted by Gasteiger charge is 2.40. The molecule has 1 aromatic rings. The predicted molar refractivity (Wildman–Crippen MR) is 72.4 cm³/mol. The van der Waals surface area contributed by atoms with E-state index in [4.69, 9.17) is 0 Å². The van der Waals surface area contributed by atoms with Crippen molar-refractivity contribution >= 4 is 17.8 Å². The van der Waals surface area contributed by atoms with Crippen LogP contribution in [-0.2, 0) is 0 Å². The summed E-state index contributed by atoms with van der Waals surface area (Å²) in [6.07, 6.45) is -3.75. The second kappa shape index (κ2) is 7.23. The van der Waals surface area contributed by atoms with E-state index >= 15 is 0 Å². The van der Waals surface area contributed by atoms with Gasteiger partial charge in [-0.1, -0.05) is 0 Å². The Bertz CT molecular complexity index is 452. The van der Waals surface area contributed by atoms with E-state index < -0.39 is 18.9 Å². The first-order chi connectivity index (χ1) is 9.83. The highest BCUT2D eigenvalue weighted by molar-refractivity contribution is 5.43. The third-order valence-electron chi connectivity index (χ3n) is 2.69. The van der Waals surface area contributed by atoms with Gasteiger partial charge in [-0.05, 0) is 13.8 Å². The monoisotopic (exact) mass is 310 g/mol. The molecular formula is C11H18F4N6. The average molecular weight is 310 g/mol. The number of alkyl halides is 4. The van der Waals surface area contributed by atoms with Gasteiger partial charge in [0.15, 0.2) is 0 Å². The minimum absolute atomic E-state index is 0.162. The molecule has 0 amide bonds. The fourth-order valence-corrected chi connectivity index (χ4v) is 1.48. The van der Waals surface area contributed by atoms with E-state index in [1.165, 1.54) is 0 Å². The van der Waals surface area contributed by atoms with Gasteiger partial charge in [-0.2, -0.15) is 23.7 Å². The van der Waals surface area contributed by atoms with Crippen molar-refractivity contribution in [3.8, 4) is 0 Å². The predicted octanol–water partition coefficient (Wildman–Crippen LogP) is 2.07. The summed E-state index contributed by atoms with van der Waals surface area (Å²) in [5.74, 6) is -3.89. The first-order valence-corrected chi connectivity index (χ1v) is 6.42. The molecule has 0 aromatic carbocycles. The summed E-state index contributed by atoms with van der Waals surface area (Å²) in [6, 6.07) is 0. The summed E-state index contributed by atoms with van der Waals surface area (Å²) in [7, 11) is 1.55. The summed E-state index contributed by atoms with van der Waals surface area (Å²) in [6.45, 7) is 3.72. The van der Waals surface area contributed by atoms with Crippen LogP contribution >= 0.6 is 0 Å². The molecule has 0 saturated heterocycles. The van der Waals surface area contributed by atoms with Gasteiger partial charge in [-0.25, -0.2) is 8.78 Å². The number of hydrogen-bond donors (Lipinski definition) is 2. The Morgan fingerprint density at radius 3 is 2.14 bits per heavy atom. The Hall–Kier alpha value is -1.87. The lowest BCUT2D eigenvalue weighted by Gasteiger charge is -2.20. The van der Waals surface area contributed by atoms with Crippen molar-refractivity contribution < 1.29 is 17.6 Å². The molecule has 0 atom stereocenters. The Morgan fingerprint density at radius 2 is 1.67 bits per heavy atom. The maximum atomic E-state index is 12.9. The van der Waals surface area contributed by atoms with Crippen LogP contribution in [0.15, 0.2) is 0 Å². The number of halogens is 4. The van der Waals surface area contributed by atoms with Crippen LogP contribution < -0.4 is 15.5 Å². The highest BCUT2D eigenvalue weighted by Crippen LogP contribution is 2.23. The van der Waals surface area contributed by atoms with E-state index in [9.17, 15) is 17.6 Å². The van der Waals surface area contributed by atoms with E-state index in [2.05, 4.69) is 25.6 Å². The molecule has 0 fully saturated rings. The van der Waals surface area contributed by atoms with Crippen LogP contribution in [0.1, 0.15) is 13.8 Å². The summed E-state index contributed by atoms with van der Waals surface area (Å²) < 4.78 is 50.0. The van der Waals surface area contributed by atoms with Gasteiger partial charge in [0, 0.05) is 20.1 Å². The second-order valence-electron chi connectivity index (χ2n) is 4.12. The summed E-state index contributed by atoms with van der Waals surface area (Å²) in [5.41, 5.74) is 0. The van der Waals surface area contributed by atoms with Gasteiger partial charge >= 0.3 is 12.3 Å². The normalized spacial score (nSPS) is 11.6. The number of aromatic nitrogens is 3. The third kappa shape index (κ3) is 4.57. The lowest BCUT2D eigenvalue weighted by Crippen LogP contribution is -2.35. The molecule has 0 aliphatic rings. The number of anilines is 3. The van der Waals surface area contributed by atoms with Crippen molar-refractivity contribution in [3.05, 3.63) is 0 Å². The molecule has 0 spiro atoms. The summed E-state index contributed by atoms with van der Waals surface area (Å²) in [5, 5.41) is 4.79. The molecule has 1 aromatic heterocycles. The minimum atomic E-state index is -4.15. The Morgan fingerprint density at radius 1 is 1.10 bits per heavy atom. The molecule has 0 aliphatic heterocycles. The van der Waals surface area contributed by atoms with E-state index in [1.807, 2.05) is 13.8 Å². The zero-order valence-electron chi connectivity index (χ0n) is 12.0. The molecular weight excluding hydrogens is 292 g/mol. The highest BCUT2D eigenvalue weighted by atomic mass is 19.3. The zero-order chi connectivity index (χ0) is 16.0. The minimum Gasteiger partial charge on any atom is -0.357 e. The molecule has 21 heavy (non-hydrogen) atoms. The van der Waals surface area contributed by atoms with E-state index in [0.29, 0.717) is 13.1 Å². The Labute approximate surface area is 120 Å². The lowest BCUT2D eigenvalue weighted by atomic mass is 10.3. The van der Waals surface area contributed by atoms with Crippen LogP contribution in [0.4, 0.5) is 35.4 Å². The quantitative estimate of drug-likeness (QED) is 0.717. The molecule has 1 rings (SSSR count). The summed E-state index contributed by atoms with van der Waals surface area (Å²) >= 11 is 0. The Kier molecular flexibility index (Phi) is 5.91. The van der Waals surface area contributed by atoms with E-state index in [-0.39, 0.29) is 17.8 Å². The van der Waals surface area contributed by atoms with Gasteiger partial charge in [0.2, 0.25) is 17.8 Å². The molecule has 0 bridgehead atoms. The molecule has 0 saturated carbocycles. The Balaban J connectivity index is 2.94. The van der Waals surface area contributed by atoms with Crippen molar-refractivity contribution in [2.24, 2.45) is 0 Å². The van der Waals surface area contributed by atoms with Crippen LogP contribution in [0.25, 0.3) is 0 Å². The topological polar surface area (TPSA) is 66.0 Å². The van der Waals surface area contributed by atoms with Gasteiger partial charge in [0.05, 0.1) is 6.54 Å². The first-order valence-electron chi connectivity index (χ1n) is 6.42. The van der Waals surface area contributed by atoms with Crippen LogP contribution in [0.2, 0.25) is 0 Å². The van der Waals surface area contributed by atoms with Crippen molar-refractivity contribution in [2.75, 3.05) is 42.2 Å². The maximum Gasteiger partial charge on any atom is 0.324 e. The zero-order valence-corrected chi connectivity index (χ0v) is 12.0. The number of rotatable bonds is 8. The van der Waals surface area contributed by atoms with Gasteiger partial charge in [-0.15, -0.1) is 0 Å².